The number of hydrogen-bond acceptors (Lipinski definition) is 3. The third kappa shape index (κ3) is 5.44. The molecule has 5 heteroatoms. The fourth-order valence-corrected chi connectivity index (χ4v) is 4.21. The van der Waals surface area contributed by atoms with Gasteiger partial charge in [0, 0.05) is 11.8 Å². The zero-order chi connectivity index (χ0) is 19.1. The summed E-state index contributed by atoms with van der Waals surface area (Å²) in [7, 11) is -4.38. The van der Waals surface area contributed by atoms with E-state index >= 15 is 0 Å². The van der Waals surface area contributed by atoms with Crippen molar-refractivity contribution in [1.29, 1.82) is 0 Å². The summed E-state index contributed by atoms with van der Waals surface area (Å²) < 4.78 is 32.7. The van der Waals surface area contributed by atoms with Crippen molar-refractivity contribution in [2.45, 2.75) is 14.7 Å². The van der Waals surface area contributed by atoms with E-state index in [1.54, 1.807) is 36.4 Å². The molecule has 0 bridgehead atoms. The summed E-state index contributed by atoms with van der Waals surface area (Å²) in [5.41, 5.74) is 0. The van der Waals surface area contributed by atoms with Gasteiger partial charge in [-0.2, -0.15) is 0 Å². The van der Waals surface area contributed by atoms with Crippen LogP contribution < -0.4 is 0 Å². The molecular weight excluding hydrogens is 376 g/mol. The summed E-state index contributed by atoms with van der Waals surface area (Å²) >= 11 is 1.28. The Morgan fingerprint density at radius 2 is 1.07 bits per heavy atom. The first-order valence-corrected chi connectivity index (χ1v) is 10.6. The monoisotopic (exact) mass is 394 g/mol. The normalized spacial score (nSPS) is 10.9. The van der Waals surface area contributed by atoms with Gasteiger partial charge >= 0.3 is 0 Å². The number of fused-ring (bicyclic) bond motifs is 1. The molecule has 0 aliphatic heterocycles. The first kappa shape index (κ1) is 19.2. The standard InChI is InChI=1S/C12H10S.C10H8O3S/c1-3-7-11(8-4-1)13-12-9-5-2-6-10-12;11-14(12,13)10-7-3-5-8-4-1-2-6-9(8)10/h1-10H;1-7H,(H,11,12,13). The van der Waals surface area contributed by atoms with E-state index in [-0.39, 0.29) is 4.90 Å². The highest BCUT2D eigenvalue weighted by atomic mass is 32.2. The molecule has 0 N–H and O–H groups in total. The Morgan fingerprint density at radius 3 is 1.63 bits per heavy atom. The van der Waals surface area contributed by atoms with E-state index in [2.05, 4.69) is 48.5 Å². The van der Waals surface area contributed by atoms with Crippen molar-refractivity contribution < 1.29 is 13.0 Å². The lowest BCUT2D eigenvalue weighted by Gasteiger charge is -2.09. The fraction of sp³-hybridized carbons (Fsp3) is 0. The van der Waals surface area contributed by atoms with Crippen molar-refractivity contribution >= 4 is 32.7 Å². The molecule has 0 unspecified atom stereocenters. The maximum atomic E-state index is 10.9. The average molecular weight is 395 g/mol. The van der Waals surface area contributed by atoms with E-state index in [9.17, 15) is 13.0 Å². The molecule has 0 fully saturated rings. The summed E-state index contributed by atoms with van der Waals surface area (Å²) in [6, 6.07) is 32.5. The maximum Gasteiger partial charge on any atom is 0.158 e. The molecule has 0 radical (unpaired) electrons. The lowest BCUT2D eigenvalue weighted by Crippen LogP contribution is -1.98. The predicted molar refractivity (Wildman–Crippen MR) is 110 cm³/mol. The Bertz CT molecular complexity index is 1070. The topological polar surface area (TPSA) is 57.2 Å². The average Bonchev–Trinajstić information content (AvgIpc) is 2.69. The molecule has 0 aromatic heterocycles. The number of thiol groups is 1. The van der Waals surface area contributed by atoms with E-state index in [1.807, 2.05) is 12.1 Å². The fourth-order valence-electron chi connectivity index (χ4n) is 2.57. The second kappa shape index (κ2) is 8.86. The minimum atomic E-state index is -4.38. The number of benzene rings is 4. The van der Waals surface area contributed by atoms with Gasteiger partial charge in [0.15, 0.2) is 9.79 Å². The highest BCUT2D eigenvalue weighted by molar-refractivity contribution is 7.86. The molecule has 0 aliphatic rings. The molecule has 0 aliphatic carbocycles. The van der Waals surface area contributed by atoms with Gasteiger partial charge in [-0.25, -0.2) is 8.42 Å². The van der Waals surface area contributed by atoms with E-state index in [0.29, 0.717) is 5.39 Å². The Kier molecular flexibility index (Phi) is 6.29. The molecule has 27 heavy (non-hydrogen) atoms. The highest BCUT2D eigenvalue weighted by Gasteiger charge is 2.05. The van der Waals surface area contributed by atoms with Crippen LogP contribution in [0.5, 0.6) is 0 Å². The third-order valence-corrected chi connectivity index (χ3v) is 5.80. The molecular formula is C22H18O3S2. The second-order valence-electron chi connectivity index (χ2n) is 5.71. The zero-order valence-electron chi connectivity index (χ0n) is 14.4. The van der Waals surface area contributed by atoms with Gasteiger partial charge in [-0.05, 0) is 41.1 Å². The summed E-state index contributed by atoms with van der Waals surface area (Å²) in [6.45, 7) is 0. The van der Waals surface area contributed by atoms with Gasteiger partial charge in [0.25, 0.3) is 0 Å². The molecule has 136 valence electrons. The molecule has 3 nitrogen and oxygen atoms in total. The van der Waals surface area contributed by atoms with E-state index in [4.69, 9.17) is 0 Å². The Hall–Kier alpha value is -2.60. The van der Waals surface area contributed by atoms with E-state index in [1.165, 1.54) is 27.6 Å². The molecule has 0 spiro atoms. The summed E-state index contributed by atoms with van der Waals surface area (Å²) in [4.78, 5) is 2.53. The van der Waals surface area contributed by atoms with Crippen LogP contribution in [0.2, 0.25) is 0 Å². The van der Waals surface area contributed by atoms with Crippen LogP contribution in [-0.2, 0) is 21.9 Å². The third-order valence-electron chi connectivity index (χ3n) is 3.79. The maximum absolute atomic E-state index is 10.9. The number of rotatable bonds is 3. The van der Waals surface area contributed by atoms with Crippen LogP contribution >= 0.6 is 0 Å². The van der Waals surface area contributed by atoms with Crippen LogP contribution in [0.3, 0.4) is 0 Å². The van der Waals surface area contributed by atoms with Crippen LogP contribution in [0.1, 0.15) is 0 Å². The van der Waals surface area contributed by atoms with E-state index < -0.39 is 10.1 Å². The van der Waals surface area contributed by atoms with Crippen molar-refractivity contribution in [2.24, 2.45) is 0 Å². The van der Waals surface area contributed by atoms with Crippen LogP contribution in [0, 0.1) is 0 Å². The van der Waals surface area contributed by atoms with Gasteiger partial charge in [-0.3, -0.25) is 0 Å². The van der Waals surface area contributed by atoms with Gasteiger partial charge in [-0.15, -0.1) is 0 Å². The number of hydrogen-bond donors (Lipinski definition) is 0. The Morgan fingerprint density at radius 1 is 0.593 bits per heavy atom. The lowest BCUT2D eigenvalue weighted by molar-refractivity contribution is 0.464. The van der Waals surface area contributed by atoms with Crippen molar-refractivity contribution in [3.63, 3.8) is 0 Å². The van der Waals surface area contributed by atoms with Crippen molar-refractivity contribution in [2.75, 3.05) is 0 Å². The molecule has 4 rings (SSSR count). The predicted octanol–water partition coefficient (Wildman–Crippen LogP) is 4.66. The van der Waals surface area contributed by atoms with Crippen molar-refractivity contribution in [3.05, 3.63) is 103 Å². The minimum absolute atomic E-state index is 0.157. The van der Waals surface area contributed by atoms with Gasteiger partial charge in [0.05, 0.1) is 4.90 Å². The molecule has 4 aromatic carbocycles. The van der Waals surface area contributed by atoms with E-state index in [0.717, 1.165) is 5.39 Å². The van der Waals surface area contributed by atoms with Crippen LogP contribution in [0.15, 0.2) is 118 Å². The van der Waals surface area contributed by atoms with Gasteiger partial charge in [-0.1, -0.05) is 72.8 Å². The highest BCUT2D eigenvalue weighted by Crippen LogP contribution is 2.22. The Balaban J connectivity index is 0.000000156. The molecule has 0 saturated heterocycles. The van der Waals surface area contributed by atoms with Crippen LogP contribution in [0.4, 0.5) is 0 Å². The summed E-state index contributed by atoms with van der Waals surface area (Å²) in [5, 5.41) is 1.23. The quantitative estimate of drug-likeness (QED) is 0.288. The largest absolute Gasteiger partial charge is 0.744 e. The second-order valence-corrected chi connectivity index (χ2v) is 8.32. The van der Waals surface area contributed by atoms with Crippen LogP contribution in [-0.4, -0.2) is 13.0 Å². The summed E-state index contributed by atoms with van der Waals surface area (Å²) in [6.07, 6.45) is 0. The minimum Gasteiger partial charge on any atom is -0.744 e. The van der Waals surface area contributed by atoms with Gasteiger partial charge < -0.3 is 4.55 Å². The van der Waals surface area contributed by atoms with Crippen LogP contribution in [0.25, 0.3) is 10.8 Å². The van der Waals surface area contributed by atoms with Gasteiger partial charge in [0.1, 0.15) is 10.1 Å². The molecule has 0 amide bonds. The first-order valence-electron chi connectivity index (χ1n) is 8.29. The summed E-state index contributed by atoms with van der Waals surface area (Å²) in [5.74, 6) is 0. The SMILES string of the molecule is O=S(=O)([O-])c1cccc2ccccc12.c1ccc([SH+]c2ccccc2)cc1. The van der Waals surface area contributed by atoms with Crippen molar-refractivity contribution in [3.8, 4) is 0 Å². The first-order chi connectivity index (χ1) is 13.0. The molecule has 4 aromatic rings. The Labute approximate surface area is 163 Å². The molecule has 0 atom stereocenters. The zero-order valence-corrected chi connectivity index (χ0v) is 16.1. The van der Waals surface area contributed by atoms with Gasteiger partial charge in [0.2, 0.25) is 0 Å². The molecule has 0 heterocycles. The smallest absolute Gasteiger partial charge is 0.158 e. The molecule has 0 saturated carbocycles. The lowest BCUT2D eigenvalue weighted by atomic mass is 10.1. The van der Waals surface area contributed by atoms with Crippen molar-refractivity contribution in [1.82, 2.24) is 0 Å².